The molecule has 4 atom stereocenters. The van der Waals surface area contributed by atoms with Crippen LogP contribution in [0.5, 0.6) is 0 Å². The molecule has 2 nitrogen and oxygen atoms in total. The second-order valence-corrected chi connectivity index (χ2v) is 4.92. The zero-order chi connectivity index (χ0) is 9.59. The summed E-state index contributed by atoms with van der Waals surface area (Å²) in [6.07, 6.45) is 3.55. The van der Waals surface area contributed by atoms with Crippen molar-refractivity contribution in [1.82, 2.24) is 4.90 Å². The van der Waals surface area contributed by atoms with Crippen LogP contribution in [-0.4, -0.2) is 36.2 Å². The molecule has 13 heavy (non-hydrogen) atoms. The van der Waals surface area contributed by atoms with Gasteiger partial charge in [0.05, 0.1) is 12.2 Å². The number of hydrogen-bond donors (Lipinski definition) is 0. The van der Waals surface area contributed by atoms with E-state index in [4.69, 9.17) is 4.74 Å². The van der Waals surface area contributed by atoms with Crippen molar-refractivity contribution in [3.05, 3.63) is 0 Å². The highest BCUT2D eigenvalue weighted by Crippen LogP contribution is 2.47. The van der Waals surface area contributed by atoms with Gasteiger partial charge in [-0.15, -0.1) is 0 Å². The van der Waals surface area contributed by atoms with Gasteiger partial charge < -0.3 is 4.74 Å². The largest absolute Gasteiger partial charge is 0.374 e. The molecule has 0 aromatic carbocycles. The number of ether oxygens (including phenoxy) is 1. The van der Waals surface area contributed by atoms with E-state index in [-0.39, 0.29) is 0 Å². The summed E-state index contributed by atoms with van der Waals surface area (Å²) >= 11 is 0. The standard InChI is InChI=1S/C11H21NO/c1-7(2)13-8(3)10-5-9-6-11(9)12(10)4/h7-11H,5-6H2,1-4H3/t8-,9+,10?,11-/m0/s1. The van der Waals surface area contributed by atoms with E-state index in [9.17, 15) is 0 Å². The predicted octanol–water partition coefficient (Wildman–Crippen LogP) is 1.89. The molecule has 76 valence electrons. The summed E-state index contributed by atoms with van der Waals surface area (Å²) in [5, 5.41) is 0. The number of piperidine rings is 1. The first-order valence-electron chi connectivity index (χ1n) is 5.47. The van der Waals surface area contributed by atoms with Gasteiger partial charge in [-0.1, -0.05) is 0 Å². The molecular formula is C11H21NO. The summed E-state index contributed by atoms with van der Waals surface area (Å²) in [6, 6.07) is 1.56. The molecular weight excluding hydrogens is 162 g/mol. The highest BCUT2D eigenvalue weighted by Gasteiger charge is 2.51. The summed E-state index contributed by atoms with van der Waals surface area (Å²) < 4.78 is 5.83. The minimum atomic E-state index is 0.361. The van der Waals surface area contributed by atoms with Crippen molar-refractivity contribution in [2.24, 2.45) is 5.92 Å². The van der Waals surface area contributed by atoms with Crippen LogP contribution >= 0.6 is 0 Å². The molecule has 1 unspecified atom stereocenters. The van der Waals surface area contributed by atoms with Crippen LogP contribution in [0.15, 0.2) is 0 Å². The van der Waals surface area contributed by atoms with E-state index in [0.29, 0.717) is 18.2 Å². The maximum Gasteiger partial charge on any atom is 0.0705 e. The molecule has 2 rings (SSSR count). The summed E-state index contributed by atoms with van der Waals surface area (Å²) in [5.41, 5.74) is 0. The fourth-order valence-corrected chi connectivity index (χ4v) is 2.75. The number of fused-ring (bicyclic) bond motifs is 1. The molecule has 0 spiro atoms. The van der Waals surface area contributed by atoms with Crippen molar-refractivity contribution in [2.45, 2.75) is 57.9 Å². The average Bonchev–Trinajstić information content (AvgIpc) is 2.70. The Labute approximate surface area is 81.3 Å². The Morgan fingerprint density at radius 2 is 1.92 bits per heavy atom. The Kier molecular flexibility index (Phi) is 2.37. The molecule has 1 aliphatic carbocycles. The van der Waals surface area contributed by atoms with Gasteiger partial charge in [0, 0.05) is 12.1 Å². The third-order valence-electron chi connectivity index (χ3n) is 3.50. The lowest BCUT2D eigenvalue weighted by atomic mass is 10.1. The lowest BCUT2D eigenvalue weighted by molar-refractivity contribution is -0.0254. The SMILES string of the molecule is CC(C)O[C@@H](C)C1C[C@@H]2C[C@@H]2N1C. The van der Waals surface area contributed by atoms with E-state index in [1.54, 1.807) is 0 Å². The maximum atomic E-state index is 5.83. The summed E-state index contributed by atoms with van der Waals surface area (Å²) in [5.74, 6) is 0.994. The van der Waals surface area contributed by atoms with Gasteiger partial charge in [-0.05, 0) is 46.6 Å². The second-order valence-electron chi connectivity index (χ2n) is 4.92. The zero-order valence-electron chi connectivity index (χ0n) is 9.16. The smallest absolute Gasteiger partial charge is 0.0705 e. The van der Waals surface area contributed by atoms with Crippen molar-refractivity contribution >= 4 is 0 Å². The zero-order valence-corrected chi connectivity index (χ0v) is 9.16. The third kappa shape index (κ3) is 1.75. The highest BCUT2D eigenvalue weighted by atomic mass is 16.5. The van der Waals surface area contributed by atoms with E-state index in [0.717, 1.165) is 12.0 Å². The van der Waals surface area contributed by atoms with Crippen molar-refractivity contribution in [2.75, 3.05) is 7.05 Å². The van der Waals surface area contributed by atoms with Gasteiger partial charge in [-0.3, -0.25) is 4.90 Å². The number of rotatable bonds is 3. The van der Waals surface area contributed by atoms with Gasteiger partial charge in [0.1, 0.15) is 0 Å². The Morgan fingerprint density at radius 1 is 1.23 bits per heavy atom. The van der Waals surface area contributed by atoms with Crippen LogP contribution in [0.4, 0.5) is 0 Å². The first-order valence-corrected chi connectivity index (χ1v) is 5.47. The van der Waals surface area contributed by atoms with Crippen molar-refractivity contribution in [3.8, 4) is 0 Å². The number of hydrogen-bond acceptors (Lipinski definition) is 2. The lowest BCUT2D eigenvalue weighted by Crippen LogP contribution is -2.39. The topological polar surface area (TPSA) is 12.5 Å². The molecule has 0 bridgehead atoms. The molecule has 1 saturated heterocycles. The quantitative estimate of drug-likeness (QED) is 0.662. The molecule has 2 fully saturated rings. The van der Waals surface area contributed by atoms with Crippen LogP contribution in [0.3, 0.4) is 0 Å². The van der Waals surface area contributed by atoms with Gasteiger partial charge in [0.25, 0.3) is 0 Å². The predicted molar refractivity (Wildman–Crippen MR) is 53.7 cm³/mol. The highest BCUT2D eigenvalue weighted by molar-refractivity contribution is 5.05. The first kappa shape index (κ1) is 9.47. The van der Waals surface area contributed by atoms with Gasteiger partial charge in [-0.25, -0.2) is 0 Å². The molecule has 0 amide bonds. The van der Waals surface area contributed by atoms with Crippen molar-refractivity contribution < 1.29 is 4.74 Å². The van der Waals surface area contributed by atoms with Crippen LogP contribution in [0.1, 0.15) is 33.6 Å². The summed E-state index contributed by atoms with van der Waals surface area (Å²) in [4.78, 5) is 2.53. The van der Waals surface area contributed by atoms with Crippen LogP contribution in [-0.2, 0) is 4.74 Å². The minimum Gasteiger partial charge on any atom is -0.374 e. The van der Waals surface area contributed by atoms with Crippen LogP contribution in [0.2, 0.25) is 0 Å². The molecule has 1 heterocycles. The average molecular weight is 183 g/mol. The maximum absolute atomic E-state index is 5.83. The van der Waals surface area contributed by atoms with E-state index >= 15 is 0 Å². The fraction of sp³-hybridized carbons (Fsp3) is 1.00. The van der Waals surface area contributed by atoms with Crippen molar-refractivity contribution in [1.29, 1.82) is 0 Å². The molecule has 0 N–H and O–H groups in total. The van der Waals surface area contributed by atoms with E-state index in [2.05, 4.69) is 32.7 Å². The molecule has 0 aromatic rings. The molecule has 1 saturated carbocycles. The molecule has 2 heteroatoms. The minimum absolute atomic E-state index is 0.361. The van der Waals surface area contributed by atoms with Gasteiger partial charge >= 0.3 is 0 Å². The monoisotopic (exact) mass is 183 g/mol. The van der Waals surface area contributed by atoms with Crippen molar-refractivity contribution in [3.63, 3.8) is 0 Å². The van der Waals surface area contributed by atoms with Crippen LogP contribution < -0.4 is 0 Å². The van der Waals surface area contributed by atoms with Gasteiger partial charge in [0.2, 0.25) is 0 Å². The Bertz CT molecular complexity index is 193. The Hall–Kier alpha value is -0.0800. The fourth-order valence-electron chi connectivity index (χ4n) is 2.75. The van der Waals surface area contributed by atoms with Crippen LogP contribution in [0.25, 0.3) is 0 Å². The molecule has 0 radical (unpaired) electrons. The lowest BCUT2D eigenvalue weighted by Gasteiger charge is -2.29. The van der Waals surface area contributed by atoms with Gasteiger partial charge in [-0.2, -0.15) is 0 Å². The Morgan fingerprint density at radius 3 is 2.38 bits per heavy atom. The molecule has 2 aliphatic rings. The number of nitrogens with zero attached hydrogens (tertiary/aromatic N) is 1. The Balaban J connectivity index is 1.87. The molecule has 0 aromatic heterocycles. The second kappa shape index (κ2) is 3.25. The molecule has 1 aliphatic heterocycles. The normalized spacial score (nSPS) is 40.8. The number of likely N-dealkylation sites (N-methyl/N-ethyl adjacent to an activating group) is 1. The summed E-state index contributed by atoms with van der Waals surface area (Å²) in [7, 11) is 2.25. The van der Waals surface area contributed by atoms with E-state index < -0.39 is 0 Å². The number of likely N-dealkylation sites (tertiary alicyclic amines) is 1. The van der Waals surface area contributed by atoms with Crippen LogP contribution in [0, 0.1) is 5.92 Å². The van der Waals surface area contributed by atoms with E-state index in [1.165, 1.54) is 12.8 Å². The first-order chi connectivity index (χ1) is 6.09. The third-order valence-corrected chi connectivity index (χ3v) is 3.50. The van der Waals surface area contributed by atoms with Gasteiger partial charge in [0.15, 0.2) is 0 Å². The summed E-state index contributed by atoms with van der Waals surface area (Å²) in [6.45, 7) is 6.45. The van der Waals surface area contributed by atoms with E-state index in [1.807, 2.05) is 0 Å².